The number of carbonyl (C=O) groups is 2. The van der Waals surface area contributed by atoms with Gasteiger partial charge in [-0.2, -0.15) is 0 Å². The lowest BCUT2D eigenvalue weighted by Crippen LogP contribution is -2.14. The van der Waals surface area contributed by atoms with E-state index in [2.05, 4.69) is 10.6 Å². The molecule has 2 rings (SSSR count). The summed E-state index contributed by atoms with van der Waals surface area (Å²) in [7, 11) is 1.71. The third kappa shape index (κ3) is 3.52. The van der Waals surface area contributed by atoms with Gasteiger partial charge in [0.2, 0.25) is 0 Å². The van der Waals surface area contributed by atoms with Crippen molar-refractivity contribution in [2.45, 2.75) is 0 Å². The first-order chi connectivity index (χ1) is 10.0. The van der Waals surface area contributed by atoms with E-state index < -0.39 is 5.97 Å². The fourth-order valence-electron chi connectivity index (χ4n) is 1.82. The molecule has 6 heteroatoms. The van der Waals surface area contributed by atoms with E-state index in [0.29, 0.717) is 22.0 Å². The van der Waals surface area contributed by atoms with Crippen molar-refractivity contribution in [2.75, 3.05) is 17.7 Å². The van der Waals surface area contributed by atoms with Gasteiger partial charge in [-0.05, 0) is 42.5 Å². The zero-order valence-electron chi connectivity index (χ0n) is 11.2. The summed E-state index contributed by atoms with van der Waals surface area (Å²) in [5, 5.41) is 14.9. The van der Waals surface area contributed by atoms with Gasteiger partial charge in [-0.15, -0.1) is 0 Å². The fourth-order valence-corrected chi connectivity index (χ4v) is 1.99. The highest BCUT2D eigenvalue weighted by atomic mass is 35.5. The molecule has 108 valence electrons. The molecule has 2 aromatic carbocycles. The fraction of sp³-hybridized carbons (Fsp3) is 0.0667. The lowest BCUT2D eigenvalue weighted by Gasteiger charge is -2.10. The highest BCUT2D eigenvalue weighted by Gasteiger charge is 2.12. The average molecular weight is 305 g/mol. The van der Waals surface area contributed by atoms with Crippen LogP contribution in [-0.2, 0) is 0 Å². The molecular weight excluding hydrogens is 292 g/mol. The topological polar surface area (TPSA) is 78.4 Å². The quantitative estimate of drug-likeness (QED) is 0.809. The summed E-state index contributed by atoms with van der Waals surface area (Å²) in [5.41, 5.74) is 1.73. The van der Waals surface area contributed by atoms with Crippen LogP contribution in [0.3, 0.4) is 0 Å². The minimum atomic E-state index is -1.01. The highest BCUT2D eigenvalue weighted by Crippen LogP contribution is 2.21. The van der Waals surface area contributed by atoms with Crippen LogP contribution in [0, 0.1) is 0 Å². The smallest absolute Gasteiger partial charge is 0.335 e. The summed E-state index contributed by atoms with van der Waals surface area (Å²) in [6, 6.07) is 10.9. The van der Waals surface area contributed by atoms with Crippen molar-refractivity contribution < 1.29 is 14.7 Å². The van der Waals surface area contributed by atoms with Crippen molar-refractivity contribution >= 4 is 34.9 Å². The zero-order chi connectivity index (χ0) is 15.4. The minimum Gasteiger partial charge on any atom is -0.478 e. The normalized spacial score (nSPS) is 10.0. The maximum atomic E-state index is 12.2. The third-order valence-electron chi connectivity index (χ3n) is 2.89. The van der Waals surface area contributed by atoms with Gasteiger partial charge in [0, 0.05) is 23.4 Å². The Balaban J connectivity index is 2.21. The minimum absolute atomic E-state index is 0.159. The van der Waals surface area contributed by atoms with E-state index in [0.717, 1.165) is 0 Å². The molecule has 0 atom stereocenters. The molecule has 0 aromatic heterocycles. The van der Waals surface area contributed by atoms with Gasteiger partial charge in [0.1, 0.15) is 0 Å². The molecule has 3 N–H and O–H groups in total. The second kappa shape index (κ2) is 6.28. The Kier molecular flexibility index (Phi) is 4.45. The summed E-state index contributed by atoms with van der Waals surface area (Å²) in [6.45, 7) is 0. The van der Waals surface area contributed by atoms with Crippen molar-refractivity contribution in [3.63, 3.8) is 0 Å². The van der Waals surface area contributed by atoms with E-state index in [1.807, 2.05) is 0 Å². The number of hydrogen-bond acceptors (Lipinski definition) is 3. The van der Waals surface area contributed by atoms with Crippen LogP contribution in [-0.4, -0.2) is 24.0 Å². The Morgan fingerprint density at radius 1 is 1.10 bits per heavy atom. The van der Waals surface area contributed by atoms with Crippen LogP contribution in [0.1, 0.15) is 20.7 Å². The highest BCUT2D eigenvalue weighted by molar-refractivity contribution is 6.31. The van der Waals surface area contributed by atoms with Crippen molar-refractivity contribution in [1.82, 2.24) is 0 Å². The molecule has 0 aliphatic heterocycles. The van der Waals surface area contributed by atoms with Crippen LogP contribution in [0.15, 0.2) is 42.5 Å². The number of carboxylic acids is 1. The van der Waals surface area contributed by atoms with E-state index in [4.69, 9.17) is 16.7 Å². The van der Waals surface area contributed by atoms with Gasteiger partial charge >= 0.3 is 5.97 Å². The number of anilines is 2. The summed E-state index contributed by atoms with van der Waals surface area (Å²) in [4.78, 5) is 23.0. The van der Waals surface area contributed by atoms with Gasteiger partial charge in [0.05, 0.1) is 11.1 Å². The molecule has 0 fully saturated rings. The van der Waals surface area contributed by atoms with Crippen LogP contribution < -0.4 is 10.6 Å². The molecule has 0 bridgehead atoms. The summed E-state index contributed by atoms with van der Waals surface area (Å²) in [5.74, 6) is -1.34. The number of aromatic carboxylic acids is 1. The molecule has 0 saturated carbocycles. The summed E-state index contributed by atoms with van der Waals surface area (Å²) >= 11 is 5.90. The Hall–Kier alpha value is -2.53. The van der Waals surface area contributed by atoms with E-state index in [9.17, 15) is 9.59 Å². The van der Waals surface area contributed by atoms with Gasteiger partial charge in [0.25, 0.3) is 5.91 Å². The standard InChI is InChI=1S/C15H13ClN2O3/c1-17-13-7-4-10(16)8-12(13)14(19)18-11-5-2-9(3-6-11)15(20)21/h2-8,17H,1H3,(H,18,19)(H,20,21). The van der Waals surface area contributed by atoms with Gasteiger partial charge in [-0.1, -0.05) is 11.6 Å². The molecule has 2 aromatic rings. The summed E-state index contributed by atoms with van der Waals surface area (Å²) < 4.78 is 0. The van der Waals surface area contributed by atoms with Crippen LogP contribution >= 0.6 is 11.6 Å². The first-order valence-electron chi connectivity index (χ1n) is 6.13. The number of benzene rings is 2. The number of halogens is 1. The van der Waals surface area contributed by atoms with Crippen molar-refractivity contribution in [3.8, 4) is 0 Å². The molecule has 0 radical (unpaired) electrons. The average Bonchev–Trinajstić information content (AvgIpc) is 2.47. The molecule has 0 aliphatic rings. The molecule has 0 heterocycles. The number of carbonyl (C=O) groups excluding carboxylic acids is 1. The summed E-state index contributed by atoms with van der Waals surface area (Å²) in [6.07, 6.45) is 0. The van der Waals surface area contributed by atoms with E-state index in [1.165, 1.54) is 24.3 Å². The van der Waals surface area contributed by atoms with Crippen LogP contribution in [0.2, 0.25) is 5.02 Å². The number of carboxylic acid groups (broad SMARTS) is 1. The Morgan fingerprint density at radius 2 is 1.76 bits per heavy atom. The van der Waals surface area contributed by atoms with Crippen molar-refractivity contribution in [1.29, 1.82) is 0 Å². The van der Waals surface area contributed by atoms with E-state index >= 15 is 0 Å². The lowest BCUT2D eigenvalue weighted by molar-refractivity contribution is 0.0696. The first kappa shape index (κ1) is 14.9. The molecule has 0 saturated heterocycles. The number of rotatable bonds is 4. The lowest BCUT2D eigenvalue weighted by atomic mass is 10.1. The van der Waals surface area contributed by atoms with Gasteiger partial charge in [-0.3, -0.25) is 4.79 Å². The predicted molar refractivity (Wildman–Crippen MR) is 82.4 cm³/mol. The Labute approximate surface area is 126 Å². The molecule has 0 unspecified atom stereocenters. The molecule has 0 spiro atoms. The number of nitrogens with one attached hydrogen (secondary N) is 2. The zero-order valence-corrected chi connectivity index (χ0v) is 11.9. The number of hydrogen-bond donors (Lipinski definition) is 3. The second-order valence-electron chi connectivity index (χ2n) is 4.28. The van der Waals surface area contributed by atoms with E-state index in [1.54, 1.807) is 25.2 Å². The molecule has 1 amide bonds. The molecule has 0 aliphatic carbocycles. The van der Waals surface area contributed by atoms with E-state index in [-0.39, 0.29) is 11.5 Å². The first-order valence-corrected chi connectivity index (χ1v) is 6.51. The maximum Gasteiger partial charge on any atom is 0.335 e. The van der Waals surface area contributed by atoms with Gasteiger partial charge < -0.3 is 15.7 Å². The van der Waals surface area contributed by atoms with Crippen LogP contribution in [0.25, 0.3) is 0 Å². The third-order valence-corrected chi connectivity index (χ3v) is 3.12. The van der Waals surface area contributed by atoms with Crippen molar-refractivity contribution in [3.05, 3.63) is 58.6 Å². The molecule has 5 nitrogen and oxygen atoms in total. The maximum absolute atomic E-state index is 12.2. The predicted octanol–water partition coefficient (Wildman–Crippen LogP) is 3.33. The molecule has 21 heavy (non-hydrogen) atoms. The molecular formula is C15H13ClN2O3. The van der Waals surface area contributed by atoms with Gasteiger partial charge in [0.15, 0.2) is 0 Å². The second-order valence-corrected chi connectivity index (χ2v) is 4.71. The van der Waals surface area contributed by atoms with Gasteiger partial charge in [-0.25, -0.2) is 4.79 Å². The largest absolute Gasteiger partial charge is 0.478 e. The SMILES string of the molecule is CNc1ccc(Cl)cc1C(=O)Nc1ccc(C(=O)O)cc1. The van der Waals surface area contributed by atoms with Crippen molar-refractivity contribution in [2.24, 2.45) is 0 Å². The Bertz CT molecular complexity index is 684. The van der Waals surface area contributed by atoms with Crippen LogP contribution in [0.5, 0.6) is 0 Å². The van der Waals surface area contributed by atoms with Crippen LogP contribution in [0.4, 0.5) is 11.4 Å². The Morgan fingerprint density at radius 3 is 2.33 bits per heavy atom. The number of amides is 1. The monoisotopic (exact) mass is 304 g/mol.